The molecule has 2 amide bonds. The molecule has 0 aromatic heterocycles. The van der Waals surface area contributed by atoms with Gasteiger partial charge in [0, 0.05) is 12.5 Å². The lowest BCUT2D eigenvalue weighted by Crippen LogP contribution is -2.46. The van der Waals surface area contributed by atoms with Crippen LogP contribution in [0.25, 0.3) is 6.08 Å². The first-order chi connectivity index (χ1) is 11.1. The molecular formula is C18H24N2O4. The first kappa shape index (κ1) is 19.4. The Hall–Kier alpha value is -2.63. The number of nitrogens with one attached hydrogen (secondary N) is 2. The van der Waals surface area contributed by atoms with Crippen LogP contribution in [0.5, 0.6) is 0 Å². The van der Waals surface area contributed by atoms with Gasteiger partial charge in [0.25, 0.3) is 5.91 Å². The van der Waals surface area contributed by atoms with E-state index < -0.39 is 29.4 Å². The number of carbonyl (C=O) groups is 3. The van der Waals surface area contributed by atoms with Gasteiger partial charge in [-0.2, -0.15) is 0 Å². The van der Waals surface area contributed by atoms with Crippen LogP contribution in [-0.2, 0) is 19.1 Å². The van der Waals surface area contributed by atoms with Crippen LogP contribution in [0.4, 0.5) is 0 Å². The van der Waals surface area contributed by atoms with Crippen molar-refractivity contribution in [1.82, 2.24) is 10.6 Å². The third kappa shape index (κ3) is 7.09. The molecule has 0 aliphatic rings. The maximum Gasteiger partial charge on any atom is 0.355 e. The molecule has 1 rings (SSSR count). The lowest BCUT2D eigenvalue weighted by atomic mass is 10.1. The first-order valence-electron chi connectivity index (χ1n) is 7.66. The van der Waals surface area contributed by atoms with E-state index >= 15 is 0 Å². The molecule has 0 spiro atoms. The van der Waals surface area contributed by atoms with Crippen LogP contribution in [0.1, 0.15) is 40.2 Å². The number of benzene rings is 1. The number of ether oxygens (including phenoxy) is 1. The topological polar surface area (TPSA) is 84.5 Å². The summed E-state index contributed by atoms with van der Waals surface area (Å²) in [5, 5.41) is 5.17. The van der Waals surface area contributed by atoms with Crippen molar-refractivity contribution in [3.8, 4) is 0 Å². The summed E-state index contributed by atoms with van der Waals surface area (Å²) >= 11 is 0. The molecule has 6 nitrogen and oxygen atoms in total. The molecule has 2 N–H and O–H groups in total. The fourth-order valence-electron chi connectivity index (χ4n) is 1.80. The average Bonchev–Trinajstić information content (AvgIpc) is 2.45. The van der Waals surface area contributed by atoms with Gasteiger partial charge in [-0.1, -0.05) is 30.3 Å². The zero-order valence-corrected chi connectivity index (χ0v) is 14.7. The van der Waals surface area contributed by atoms with Crippen molar-refractivity contribution >= 4 is 23.9 Å². The third-order valence-corrected chi connectivity index (χ3v) is 2.79. The van der Waals surface area contributed by atoms with Gasteiger partial charge < -0.3 is 15.4 Å². The minimum atomic E-state index is -0.982. The standard InChI is InChI=1S/C18H24N2O4/c1-12(16(22)20-18(3,4)5)24-17(23)15(19-13(2)21)11-14-9-7-6-8-10-14/h6-12H,1-5H3,(H,19,21)(H,20,22)/b15-11-/t12-/m1/s1. The van der Waals surface area contributed by atoms with Crippen LogP contribution >= 0.6 is 0 Å². The lowest BCUT2D eigenvalue weighted by molar-refractivity contribution is -0.152. The number of hydrogen-bond donors (Lipinski definition) is 2. The van der Waals surface area contributed by atoms with Gasteiger partial charge in [0.05, 0.1) is 0 Å². The smallest absolute Gasteiger partial charge is 0.355 e. The largest absolute Gasteiger partial charge is 0.448 e. The van der Waals surface area contributed by atoms with E-state index in [0.29, 0.717) is 0 Å². The summed E-state index contributed by atoms with van der Waals surface area (Å²) in [5.41, 5.74) is 0.270. The van der Waals surface area contributed by atoms with E-state index in [-0.39, 0.29) is 5.70 Å². The molecule has 1 aromatic rings. The summed E-state index contributed by atoms with van der Waals surface area (Å²) in [6.07, 6.45) is 0.516. The lowest BCUT2D eigenvalue weighted by Gasteiger charge is -2.23. The monoisotopic (exact) mass is 332 g/mol. The second-order valence-electron chi connectivity index (χ2n) is 6.44. The highest BCUT2D eigenvalue weighted by Gasteiger charge is 2.24. The molecule has 1 atom stereocenters. The van der Waals surface area contributed by atoms with E-state index in [1.807, 2.05) is 39.0 Å². The summed E-state index contributed by atoms with van der Waals surface area (Å²) in [6, 6.07) is 9.02. The van der Waals surface area contributed by atoms with E-state index in [2.05, 4.69) is 10.6 Å². The molecule has 0 fully saturated rings. The second-order valence-corrected chi connectivity index (χ2v) is 6.44. The molecule has 0 bridgehead atoms. The molecule has 0 radical (unpaired) electrons. The minimum absolute atomic E-state index is 0.0240. The van der Waals surface area contributed by atoms with Gasteiger partial charge in [-0.3, -0.25) is 9.59 Å². The number of rotatable bonds is 5. The van der Waals surface area contributed by atoms with Crippen molar-refractivity contribution in [2.75, 3.05) is 0 Å². The SMILES string of the molecule is CC(=O)N/C(=C\c1ccccc1)C(=O)O[C@H](C)C(=O)NC(C)(C)C. The molecule has 0 aliphatic heterocycles. The highest BCUT2D eigenvalue weighted by molar-refractivity contribution is 5.98. The molecule has 0 saturated heterocycles. The van der Waals surface area contributed by atoms with E-state index in [1.54, 1.807) is 12.1 Å². The predicted molar refractivity (Wildman–Crippen MR) is 91.7 cm³/mol. The second kappa shape index (κ2) is 8.29. The number of amides is 2. The summed E-state index contributed by atoms with van der Waals surface area (Å²) < 4.78 is 5.16. The first-order valence-corrected chi connectivity index (χ1v) is 7.66. The van der Waals surface area contributed by atoms with Gasteiger partial charge in [0.15, 0.2) is 6.10 Å². The maximum absolute atomic E-state index is 12.3. The molecular weight excluding hydrogens is 308 g/mol. The Balaban J connectivity index is 2.87. The highest BCUT2D eigenvalue weighted by atomic mass is 16.5. The quantitative estimate of drug-likeness (QED) is 0.638. The number of esters is 1. The summed E-state index contributed by atoms with van der Waals surface area (Å²) in [5.74, 6) is -1.58. The molecule has 24 heavy (non-hydrogen) atoms. The third-order valence-electron chi connectivity index (χ3n) is 2.79. The molecule has 130 valence electrons. The maximum atomic E-state index is 12.3. The van der Waals surface area contributed by atoms with Gasteiger partial charge in [-0.25, -0.2) is 4.79 Å². The molecule has 0 saturated carbocycles. The van der Waals surface area contributed by atoms with Gasteiger partial charge in [-0.15, -0.1) is 0 Å². The molecule has 1 aromatic carbocycles. The number of carbonyl (C=O) groups excluding carboxylic acids is 3. The van der Waals surface area contributed by atoms with Crippen LogP contribution in [0, 0.1) is 0 Å². The Morgan fingerprint density at radius 1 is 1.12 bits per heavy atom. The van der Waals surface area contributed by atoms with E-state index in [0.717, 1.165) is 5.56 Å². The summed E-state index contributed by atoms with van der Waals surface area (Å²) in [4.78, 5) is 35.6. The van der Waals surface area contributed by atoms with Gasteiger partial charge in [0.2, 0.25) is 5.91 Å². The molecule has 0 aliphatic carbocycles. The minimum Gasteiger partial charge on any atom is -0.448 e. The Morgan fingerprint density at radius 3 is 2.21 bits per heavy atom. The Bertz CT molecular complexity index is 630. The fraction of sp³-hybridized carbons (Fsp3) is 0.389. The van der Waals surface area contributed by atoms with Crippen molar-refractivity contribution in [1.29, 1.82) is 0 Å². The van der Waals surface area contributed by atoms with Crippen molar-refractivity contribution < 1.29 is 19.1 Å². The van der Waals surface area contributed by atoms with Crippen LogP contribution in [0.3, 0.4) is 0 Å². The van der Waals surface area contributed by atoms with Crippen molar-refractivity contribution in [3.05, 3.63) is 41.6 Å². The van der Waals surface area contributed by atoms with Crippen LogP contribution in [0.2, 0.25) is 0 Å². The van der Waals surface area contributed by atoms with Crippen LogP contribution in [0.15, 0.2) is 36.0 Å². The van der Waals surface area contributed by atoms with E-state index in [4.69, 9.17) is 4.74 Å². The Labute approximate surface area is 142 Å². The molecule has 0 heterocycles. The van der Waals surface area contributed by atoms with Crippen molar-refractivity contribution in [2.45, 2.75) is 46.3 Å². The van der Waals surface area contributed by atoms with Gasteiger partial charge >= 0.3 is 5.97 Å². The zero-order valence-electron chi connectivity index (χ0n) is 14.7. The molecule has 0 unspecified atom stereocenters. The fourth-order valence-corrected chi connectivity index (χ4v) is 1.80. The average molecular weight is 332 g/mol. The van der Waals surface area contributed by atoms with E-state index in [1.165, 1.54) is 19.9 Å². The predicted octanol–water partition coefficient (Wildman–Crippen LogP) is 2.01. The van der Waals surface area contributed by atoms with Crippen molar-refractivity contribution in [2.24, 2.45) is 0 Å². The molecule has 6 heteroatoms. The van der Waals surface area contributed by atoms with Crippen molar-refractivity contribution in [3.63, 3.8) is 0 Å². The zero-order chi connectivity index (χ0) is 18.3. The Kier molecular flexibility index (Phi) is 6.70. The number of hydrogen-bond acceptors (Lipinski definition) is 4. The summed E-state index contributed by atoms with van der Waals surface area (Å²) in [6.45, 7) is 8.27. The van der Waals surface area contributed by atoms with Gasteiger partial charge in [-0.05, 0) is 39.3 Å². The van der Waals surface area contributed by atoms with Crippen LogP contribution < -0.4 is 10.6 Å². The van der Waals surface area contributed by atoms with Crippen LogP contribution in [-0.4, -0.2) is 29.4 Å². The van der Waals surface area contributed by atoms with E-state index in [9.17, 15) is 14.4 Å². The normalized spacial score (nSPS) is 13.0. The Morgan fingerprint density at radius 2 is 1.71 bits per heavy atom. The summed E-state index contributed by atoms with van der Waals surface area (Å²) in [7, 11) is 0. The van der Waals surface area contributed by atoms with Gasteiger partial charge in [0.1, 0.15) is 5.70 Å². The highest BCUT2D eigenvalue weighted by Crippen LogP contribution is 2.08.